The Balaban J connectivity index is 2.68. The van der Waals surface area contributed by atoms with Crippen molar-refractivity contribution in [2.24, 2.45) is 0 Å². The average Bonchev–Trinajstić information content (AvgIpc) is 2.50. The maximum absolute atomic E-state index is 12.1. The van der Waals surface area contributed by atoms with Gasteiger partial charge in [-0.15, -0.1) is 0 Å². The van der Waals surface area contributed by atoms with Crippen molar-refractivity contribution in [2.75, 3.05) is 0 Å². The molecule has 1 aliphatic rings. The molecular weight excluding hydrogens is 192 g/mol. The van der Waals surface area contributed by atoms with Gasteiger partial charge in [-0.05, 0) is 34.1 Å². The second kappa shape index (κ2) is 4.64. The molecule has 0 radical (unpaired) electrons. The lowest BCUT2D eigenvalue weighted by molar-refractivity contribution is -0.137. The van der Waals surface area contributed by atoms with Gasteiger partial charge in [-0.25, -0.2) is 0 Å². The SMILES string of the molecule is CC(C)N(C(=O)[C@@H]1CCC(=O)N1)C(C)C. The van der Waals surface area contributed by atoms with E-state index in [1.54, 1.807) is 0 Å². The van der Waals surface area contributed by atoms with Crippen LogP contribution in [0.5, 0.6) is 0 Å². The van der Waals surface area contributed by atoms with Gasteiger partial charge in [0.25, 0.3) is 0 Å². The molecule has 1 rings (SSSR count). The minimum Gasteiger partial charge on any atom is -0.344 e. The molecule has 15 heavy (non-hydrogen) atoms. The van der Waals surface area contributed by atoms with Gasteiger partial charge in [-0.2, -0.15) is 0 Å². The van der Waals surface area contributed by atoms with E-state index < -0.39 is 0 Å². The second-order valence-electron chi connectivity index (χ2n) is 4.59. The lowest BCUT2D eigenvalue weighted by Gasteiger charge is -2.32. The number of hydrogen-bond donors (Lipinski definition) is 1. The maximum atomic E-state index is 12.1. The Hall–Kier alpha value is -1.06. The third kappa shape index (κ3) is 2.70. The standard InChI is InChI=1S/C11H20N2O2/c1-7(2)13(8(3)4)11(15)9-5-6-10(14)12-9/h7-9H,5-6H2,1-4H3,(H,12,14)/t9-/m0/s1. The minimum absolute atomic E-state index is 0.0131. The first-order valence-corrected chi connectivity index (χ1v) is 5.55. The quantitative estimate of drug-likeness (QED) is 0.756. The second-order valence-corrected chi connectivity index (χ2v) is 4.59. The molecule has 0 unspecified atom stereocenters. The molecule has 0 spiro atoms. The third-order valence-corrected chi connectivity index (χ3v) is 2.66. The molecule has 1 saturated heterocycles. The number of nitrogens with zero attached hydrogens (tertiary/aromatic N) is 1. The Kier molecular flexibility index (Phi) is 3.72. The Morgan fingerprint density at radius 1 is 1.33 bits per heavy atom. The van der Waals surface area contributed by atoms with Gasteiger partial charge in [-0.3, -0.25) is 9.59 Å². The van der Waals surface area contributed by atoms with E-state index >= 15 is 0 Å². The predicted molar refractivity (Wildman–Crippen MR) is 58.3 cm³/mol. The van der Waals surface area contributed by atoms with E-state index in [2.05, 4.69) is 5.32 Å². The molecule has 1 N–H and O–H groups in total. The van der Waals surface area contributed by atoms with Crippen molar-refractivity contribution in [1.82, 2.24) is 10.2 Å². The van der Waals surface area contributed by atoms with Crippen LogP contribution in [0.2, 0.25) is 0 Å². The third-order valence-electron chi connectivity index (χ3n) is 2.66. The summed E-state index contributed by atoms with van der Waals surface area (Å²) < 4.78 is 0. The fourth-order valence-corrected chi connectivity index (χ4v) is 2.08. The van der Waals surface area contributed by atoms with Crippen LogP contribution in [0.1, 0.15) is 40.5 Å². The number of nitrogens with one attached hydrogen (secondary N) is 1. The summed E-state index contributed by atoms with van der Waals surface area (Å²) in [6.07, 6.45) is 1.11. The predicted octanol–water partition coefficient (Wildman–Crippen LogP) is 0.910. The van der Waals surface area contributed by atoms with Gasteiger partial charge < -0.3 is 10.2 Å². The van der Waals surface area contributed by atoms with Crippen LogP contribution in [0.3, 0.4) is 0 Å². The van der Waals surface area contributed by atoms with Crippen molar-refractivity contribution >= 4 is 11.8 Å². The smallest absolute Gasteiger partial charge is 0.245 e. The molecule has 0 saturated carbocycles. The normalized spacial score (nSPS) is 20.9. The van der Waals surface area contributed by atoms with Gasteiger partial charge >= 0.3 is 0 Å². The summed E-state index contributed by atoms with van der Waals surface area (Å²) in [6, 6.07) is 0.0484. The summed E-state index contributed by atoms with van der Waals surface area (Å²) >= 11 is 0. The van der Waals surface area contributed by atoms with Crippen LogP contribution in [0, 0.1) is 0 Å². The highest BCUT2D eigenvalue weighted by Crippen LogP contribution is 2.14. The molecule has 0 aliphatic carbocycles. The summed E-state index contributed by atoms with van der Waals surface area (Å²) in [4.78, 5) is 25.0. The van der Waals surface area contributed by atoms with Crippen molar-refractivity contribution in [2.45, 2.75) is 58.7 Å². The molecule has 0 aromatic rings. The number of carbonyl (C=O) groups excluding carboxylic acids is 2. The molecule has 4 heteroatoms. The number of amides is 2. The molecule has 0 bridgehead atoms. The lowest BCUT2D eigenvalue weighted by atomic mass is 10.1. The lowest BCUT2D eigenvalue weighted by Crippen LogP contribution is -2.50. The first kappa shape index (κ1) is 12.0. The fraction of sp³-hybridized carbons (Fsp3) is 0.818. The van der Waals surface area contributed by atoms with Crippen LogP contribution in [0.15, 0.2) is 0 Å². The van der Waals surface area contributed by atoms with Crippen molar-refractivity contribution in [1.29, 1.82) is 0 Å². The van der Waals surface area contributed by atoms with Crippen molar-refractivity contribution in [3.8, 4) is 0 Å². The molecule has 4 nitrogen and oxygen atoms in total. The van der Waals surface area contributed by atoms with Crippen LogP contribution in [0.25, 0.3) is 0 Å². The van der Waals surface area contributed by atoms with E-state index in [0.717, 1.165) is 0 Å². The highest BCUT2D eigenvalue weighted by Gasteiger charge is 2.32. The van der Waals surface area contributed by atoms with E-state index in [0.29, 0.717) is 12.8 Å². The summed E-state index contributed by atoms with van der Waals surface area (Å²) in [5.74, 6) is 0.0339. The van der Waals surface area contributed by atoms with Crippen molar-refractivity contribution < 1.29 is 9.59 Å². The summed E-state index contributed by atoms with van der Waals surface area (Å²) in [5.41, 5.74) is 0. The van der Waals surface area contributed by atoms with Crippen LogP contribution in [-0.4, -0.2) is 34.8 Å². The molecular formula is C11H20N2O2. The Bertz CT molecular complexity index is 253. The van der Waals surface area contributed by atoms with Crippen LogP contribution >= 0.6 is 0 Å². The molecule has 1 atom stereocenters. The van der Waals surface area contributed by atoms with E-state index in [-0.39, 0.29) is 29.9 Å². The number of hydrogen-bond acceptors (Lipinski definition) is 2. The van der Waals surface area contributed by atoms with Crippen molar-refractivity contribution in [3.05, 3.63) is 0 Å². The molecule has 1 fully saturated rings. The van der Waals surface area contributed by atoms with Gasteiger partial charge in [0, 0.05) is 18.5 Å². The minimum atomic E-state index is -0.303. The number of carbonyl (C=O) groups is 2. The first-order chi connectivity index (χ1) is 6.93. The monoisotopic (exact) mass is 212 g/mol. The van der Waals surface area contributed by atoms with Crippen molar-refractivity contribution in [3.63, 3.8) is 0 Å². The molecule has 2 amide bonds. The molecule has 1 heterocycles. The Labute approximate surface area is 91.0 Å². The zero-order chi connectivity index (χ0) is 11.6. The van der Waals surface area contributed by atoms with E-state index in [1.165, 1.54) is 0 Å². The Morgan fingerprint density at radius 2 is 1.87 bits per heavy atom. The van der Waals surface area contributed by atoms with E-state index in [9.17, 15) is 9.59 Å². The summed E-state index contributed by atoms with van der Waals surface area (Å²) in [7, 11) is 0. The average molecular weight is 212 g/mol. The Morgan fingerprint density at radius 3 is 2.20 bits per heavy atom. The fourth-order valence-electron chi connectivity index (χ4n) is 2.08. The first-order valence-electron chi connectivity index (χ1n) is 5.55. The van der Waals surface area contributed by atoms with Gasteiger partial charge in [-0.1, -0.05) is 0 Å². The number of rotatable bonds is 3. The molecule has 1 aliphatic heterocycles. The molecule has 86 valence electrons. The topological polar surface area (TPSA) is 49.4 Å². The maximum Gasteiger partial charge on any atom is 0.245 e. The van der Waals surface area contributed by atoms with Crippen LogP contribution < -0.4 is 5.32 Å². The largest absolute Gasteiger partial charge is 0.344 e. The van der Waals surface area contributed by atoms with Gasteiger partial charge in [0.1, 0.15) is 6.04 Å². The van der Waals surface area contributed by atoms with Gasteiger partial charge in [0.2, 0.25) is 11.8 Å². The van der Waals surface area contributed by atoms with Gasteiger partial charge in [0.15, 0.2) is 0 Å². The molecule has 0 aromatic heterocycles. The highest BCUT2D eigenvalue weighted by molar-refractivity contribution is 5.91. The molecule has 0 aromatic carbocycles. The highest BCUT2D eigenvalue weighted by atomic mass is 16.2. The van der Waals surface area contributed by atoms with Crippen LogP contribution in [-0.2, 0) is 9.59 Å². The summed E-state index contributed by atoms with van der Waals surface area (Å²) in [6.45, 7) is 7.98. The zero-order valence-corrected chi connectivity index (χ0v) is 9.91. The van der Waals surface area contributed by atoms with E-state index in [4.69, 9.17) is 0 Å². The zero-order valence-electron chi connectivity index (χ0n) is 9.91. The van der Waals surface area contributed by atoms with Crippen LogP contribution in [0.4, 0.5) is 0 Å². The summed E-state index contributed by atoms with van der Waals surface area (Å²) in [5, 5.41) is 2.71. The van der Waals surface area contributed by atoms with Gasteiger partial charge in [0.05, 0.1) is 0 Å². The van der Waals surface area contributed by atoms with E-state index in [1.807, 2.05) is 32.6 Å².